The van der Waals surface area contributed by atoms with Crippen LogP contribution in [0.4, 0.5) is 0 Å². The van der Waals surface area contributed by atoms with E-state index in [0.29, 0.717) is 12.2 Å². The van der Waals surface area contributed by atoms with Crippen LogP contribution in [0, 0.1) is 0 Å². The van der Waals surface area contributed by atoms with Crippen LogP contribution in [0.25, 0.3) is 0 Å². The lowest BCUT2D eigenvalue weighted by Gasteiger charge is -2.26. The van der Waals surface area contributed by atoms with Gasteiger partial charge in [0.05, 0.1) is 12.7 Å². The van der Waals surface area contributed by atoms with Crippen molar-refractivity contribution >= 4 is 5.97 Å². The average molecular weight is 380 g/mol. The summed E-state index contributed by atoms with van der Waals surface area (Å²) in [6.07, 6.45) is 7.79. The molecule has 4 nitrogen and oxygen atoms in total. The molecule has 28 heavy (non-hydrogen) atoms. The third-order valence-electron chi connectivity index (χ3n) is 6.14. The van der Waals surface area contributed by atoms with Crippen LogP contribution in [0.1, 0.15) is 52.7 Å². The van der Waals surface area contributed by atoms with E-state index in [1.54, 1.807) is 12.1 Å². The summed E-state index contributed by atoms with van der Waals surface area (Å²) in [7, 11) is 1.39. The van der Waals surface area contributed by atoms with Crippen molar-refractivity contribution < 1.29 is 14.3 Å². The Hall–Kier alpha value is -2.33. The Balaban J connectivity index is 1.36. The number of benzene rings is 2. The minimum atomic E-state index is -0.315. The van der Waals surface area contributed by atoms with Crippen molar-refractivity contribution in [2.45, 2.75) is 51.2 Å². The first-order valence-corrected chi connectivity index (χ1v) is 10.4. The molecule has 0 spiro atoms. The Morgan fingerprint density at radius 1 is 1.00 bits per heavy atom. The molecule has 0 N–H and O–H groups in total. The van der Waals surface area contributed by atoms with Gasteiger partial charge in [-0.3, -0.25) is 4.90 Å². The summed E-state index contributed by atoms with van der Waals surface area (Å²) < 4.78 is 10.8. The highest BCUT2D eigenvalue weighted by Crippen LogP contribution is 2.28. The minimum Gasteiger partial charge on any atom is -0.489 e. The summed E-state index contributed by atoms with van der Waals surface area (Å²) in [4.78, 5) is 14.2. The van der Waals surface area contributed by atoms with E-state index in [1.807, 2.05) is 12.1 Å². The number of fused-ring (bicyclic) bond motifs is 1. The van der Waals surface area contributed by atoms with E-state index in [0.717, 1.165) is 36.7 Å². The highest BCUT2D eigenvalue weighted by atomic mass is 16.5. The summed E-state index contributed by atoms with van der Waals surface area (Å²) >= 11 is 0. The Labute approximate surface area is 167 Å². The normalized spacial score (nSPS) is 17.8. The van der Waals surface area contributed by atoms with Crippen LogP contribution in [-0.4, -0.2) is 37.1 Å². The van der Waals surface area contributed by atoms with E-state index in [4.69, 9.17) is 9.47 Å². The van der Waals surface area contributed by atoms with Crippen molar-refractivity contribution in [3.05, 3.63) is 64.7 Å². The Kier molecular flexibility index (Phi) is 5.96. The van der Waals surface area contributed by atoms with E-state index < -0.39 is 0 Å². The highest BCUT2D eigenvalue weighted by molar-refractivity contribution is 5.89. The van der Waals surface area contributed by atoms with Crippen LogP contribution in [0.2, 0.25) is 0 Å². The molecule has 0 radical (unpaired) electrons. The molecule has 0 unspecified atom stereocenters. The lowest BCUT2D eigenvalue weighted by atomic mass is 10.0. The lowest BCUT2D eigenvalue weighted by molar-refractivity contribution is 0.0600. The maximum absolute atomic E-state index is 11.5. The quantitative estimate of drug-likeness (QED) is 0.722. The van der Waals surface area contributed by atoms with Crippen molar-refractivity contribution in [2.24, 2.45) is 0 Å². The summed E-state index contributed by atoms with van der Waals surface area (Å²) in [5.74, 6) is 0.606. The number of hydrogen-bond donors (Lipinski definition) is 0. The molecule has 1 heterocycles. The second-order valence-electron chi connectivity index (χ2n) is 7.88. The van der Waals surface area contributed by atoms with E-state index in [9.17, 15) is 4.79 Å². The van der Waals surface area contributed by atoms with Crippen molar-refractivity contribution in [3.63, 3.8) is 0 Å². The molecule has 148 valence electrons. The molecule has 0 aromatic heterocycles. The fourth-order valence-corrected chi connectivity index (χ4v) is 4.46. The van der Waals surface area contributed by atoms with Gasteiger partial charge in [0.15, 0.2) is 0 Å². The number of esters is 1. The zero-order valence-electron chi connectivity index (χ0n) is 16.7. The molecular formula is C24H29NO3. The third kappa shape index (κ3) is 4.39. The molecule has 0 atom stereocenters. The number of nitrogens with zero attached hydrogens (tertiary/aromatic N) is 1. The van der Waals surface area contributed by atoms with Gasteiger partial charge in [-0.05, 0) is 66.6 Å². The Morgan fingerprint density at radius 3 is 2.43 bits per heavy atom. The number of hydrogen-bond acceptors (Lipinski definition) is 4. The van der Waals surface area contributed by atoms with Crippen LogP contribution in [0.5, 0.6) is 5.75 Å². The van der Waals surface area contributed by atoms with Crippen molar-refractivity contribution in [2.75, 3.05) is 20.2 Å². The SMILES string of the molecule is COC(=O)c1ccc(COc2ccc3c(c2)CCN(C2CCCC2)CC3)cc1. The van der Waals surface area contributed by atoms with Crippen molar-refractivity contribution in [1.82, 2.24) is 4.90 Å². The van der Waals surface area contributed by atoms with E-state index in [1.165, 1.54) is 50.5 Å². The molecule has 1 saturated carbocycles. The second kappa shape index (κ2) is 8.78. The number of carbonyl (C=O) groups excluding carboxylic acids is 1. The number of carbonyl (C=O) groups is 1. The molecule has 0 saturated heterocycles. The van der Waals surface area contributed by atoms with Crippen LogP contribution in [0.3, 0.4) is 0 Å². The van der Waals surface area contributed by atoms with E-state index in [2.05, 4.69) is 23.1 Å². The van der Waals surface area contributed by atoms with Gasteiger partial charge in [0.25, 0.3) is 0 Å². The standard InChI is InChI=1S/C24H29NO3/c1-27-24(26)20-8-6-18(7-9-20)17-28-23-11-10-19-12-14-25(15-13-21(19)16-23)22-4-2-3-5-22/h6-11,16,22H,2-5,12-15,17H2,1H3. The Bertz CT molecular complexity index is 809. The minimum absolute atomic E-state index is 0.315. The summed E-state index contributed by atoms with van der Waals surface area (Å²) in [6.45, 7) is 2.84. The fourth-order valence-electron chi connectivity index (χ4n) is 4.46. The van der Waals surface area contributed by atoms with Crippen LogP contribution < -0.4 is 4.74 Å². The zero-order chi connectivity index (χ0) is 19.3. The number of methoxy groups -OCH3 is 1. The van der Waals surface area contributed by atoms with Gasteiger partial charge in [0.1, 0.15) is 12.4 Å². The molecule has 0 amide bonds. The smallest absolute Gasteiger partial charge is 0.337 e. The third-order valence-corrected chi connectivity index (χ3v) is 6.14. The fraction of sp³-hybridized carbons (Fsp3) is 0.458. The first-order valence-electron chi connectivity index (χ1n) is 10.4. The van der Waals surface area contributed by atoms with E-state index >= 15 is 0 Å². The highest BCUT2D eigenvalue weighted by Gasteiger charge is 2.24. The summed E-state index contributed by atoms with van der Waals surface area (Å²) in [5.41, 5.74) is 4.49. The largest absolute Gasteiger partial charge is 0.489 e. The van der Waals surface area contributed by atoms with Gasteiger partial charge < -0.3 is 9.47 Å². The predicted molar refractivity (Wildman–Crippen MR) is 110 cm³/mol. The van der Waals surface area contributed by atoms with Gasteiger partial charge in [0, 0.05) is 19.1 Å². The average Bonchev–Trinajstić information content (AvgIpc) is 3.19. The molecular weight excluding hydrogens is 350 g/mol. The second-order valence-corrected chi connectivity index (χ2v) is 7.88. The lowest BCUT2D eigenvalue weighted by Crippen LogP contribution is -2.35. The summed E-state index contributed by atoms with van der Waals surface area (Å²) in [6, 6.07) is 14.7. The van der Waals surface area contributed by atoms with Gasteiger partial charge in [-0.15, -0.1) is 0 Å². The molecule has 2 aromatic carbocycles. The molecule has 2 aliphatic rings. The molecule has 1 aliphatic heterocycles. The Morgan fingerprint density at radius 2 is 1.71 bits per heavy atom. The maximum Gasteiger partial charge on any atom is 0.337 e. The van der Waals surface area contributed by atoms with Crippen molar-refractivity contribution in [3.8, 4) is 5.75 Å². The molecule has 0 bridgehead atoms. The van der Waals surface area contributed by atoms with Crippen LogP contribution >= 0.6 is 0 Å². The van der Waals surface area contributed by atoms with Gasteiger partial charge in [-0.2, -0.15) is 0 Å². The zero-order valence-corrected chi connectivity index (χ0v) is 16.7. The maximum atomic E-state index is 11.5. The van der Waals surface area contributed by atoms with E-state index in [-0.39, 0.29) is 5.97 Å². The van der Waals surface area contributed by atoms with Crippen LogP contribution in [0.15, 0.2) is 42.5 Å². The molecule has 1 aliphatic carbocycles. The van der Waals surface area contributed by atoms with Gasteiger partial charge in [-0.25, -0.2) is 4.79 Å². The molecule has 2 aromatic rings. The summed E-state index contributed by atoms with van der Waals surface area (Å²) in [5, 5.41) is 0. The topological polar surface area (TPSA) is 38.8 Å². The molecule has 4 heteroatoms. The predicted octanol–water partition coefficient (Wildman–Crippen LogP) is 4.40. The monoisotopic (exact) mass is 379 g/mol. The van der Waals surface area contributed by atoms with Crippen LogP contribution in [-0.2, 0) is 24.2 Å². The molecule has 1 fully saturated rings. The number of ether oxygens (including phenoxy) is 2. The number of rotatable bonds is 5. The first kappa shape index (κ1) is 19.0. The van der Waals surface area contributed by atoms with Crippen molar-refractivity contribution in [1.29, 1.82) is 0 Å². The van der Waals surface area contributed by atoms with Gasteiger partial charge in [-0.1, -0.05) is 31.0 Å². The first-order chi connectivity index (χ1) is 13.7. The van der Waals surface area contributed by atoms with Gasteiger partial charge in [0.2, 0.25) is 0 Å². The van der Waals surface area contributed by atoms with Gasteiger partial charge >= 0.3 is 5.97 Å². The molecule has 4 rings (SSSR count).